The van der Waals surface area contributed by atoms with Crippen LogP contribution in [0.2, 0.25) is 10.0 Å². The van der Waals surface area contributed by atoms with Crippen LogP contribution in [0.5, 0.6) is 0 Å². The van der Waals surface area contributed by atoms with Crippen LogP contribution in [0, 0.1) is 17.8 Å². The molecule has 0 radical (unpaired) electrons. The summed E-state index contributed by atoms with van der Waals surface area (Å²) in [6, 6.07) is 8.83. The maximum atomic E-state index is 12.4. The Balaban J connectivity index is 1.18. The molecule has 2 N–H and O–H groups in total. The van der Waals surface area contributed by atoms with Crippen LogP contribution < -0.4 is 10.6 Å². The van der Waals surface area contributed by atoms with Gasteiger partial charge >= 0.3 is 0 Å². The number of thiocarbonyl (C=S) groups is 1. The minimum atomic E-state index is -0.273. The number of hydrogen-bond acceptors (Lipinski definition) is 3. The first-order chi connectivity index (χ1) is 14.9. The number of carbonyl (C=O) groups excluding carboxylic acids is 1. The Morgan fingerprint density at radius 3 is 2.39 bits per heavy atom. The molecule has 7 heteroatoms. The summed E-state index contributed by atoms with van der Waals surface area (Å²) < 4.78 is 5.79. The molecule has 0 saturated heterocycles. The van der Waals surface area contributed by atoms with Crippen molar-refractivity contribution >= 4 is 52.5 Å². The highest BCUT2D eigenvalue weighted by Gasteiger charge is 2.51. The molecular formula is C24H24Cl2N2O2S. The average molecular weight is 475 g/mol. The zero-order valence-corrected chi connectivity index (χ0v) is 19.3. The van der Waals surface area contributed by atoms with Gasteiger partial charge in [-0.2, -0.15) is 0 Å². The lowest BCUT2D eigenvalue weighted by molar-refractivity contribution is -0.115. The molecule has 1 aromatic heterocycles. The molecule has 6 rings (SSSR count). The number of furan rings is 1. The molecule has 0 spiro atoms. The van der Waals surface area contributed by atoms with Crippen molar-refractivity contribution in [1.82, 2.24) is 10.6 Å². The Hall–Kier alpha value is -1.82. The van der Waals surface area contributed by atoms with E-state index in [1.807, 2.05) is 6.07 Å². The van der Waals surface area contributed by atoms with E-state index in [2.05, 4.69) is 10.6 Å². The fourth-order valence-corrected chi connectivity index (χ4v) is 6.94. The molecule has 1 heterocycles. The highest BCUT2D eigenvalue weighted by Crippen LogP contribution is 2.55. The second-order valence-corrected chi connectivity index (χ2v) is 10.6. The molecule has 1 aromatic carbocycles. The van der Waals surface area contributed by atoms with E-state index < -0.39 is 0 Å². The summed E-state index contributed by atoms with van der Waals surface area (Å²) >= 11 is 17.6. The van der Waals surface area contributed by atoms with Crippen molar-refractivity contribution in [2.24, 2.45) is 17.8 Å². The fraction of sp³-hybridized carbons (Fsp3) is 0.417. The van der Waals surface area contributed by atoms with Gasteiger partial charge in [0, 0.05) is 22.2 Å². The van der Waals surface area contributed by atoms with E-state index in [0.717, 1.165) is 23.3 Å². The lowest BCUT2D eigenvalue weighted by atomic mass is 9.53. The lowest BCUT2D eigenvalue weighted by Gasteiger charge is -2.57. The first kappa shape index (κ1) is 21.0. The van der Waals surface area contributed by atoms with Crippen LogP contribution in [0.1, 0.15) is 44.3 Å². The van der Waals surface area contributed by atoms with Crippen molar-refractivity contribution in [1.29, 1.82) is 0 Å². The molecule has 4 nitrogen and oxygen atoms in total. The summed E-state index contributed by atoms with van der Waals surface area (Å²) in [7, 11) is 0. The predicted molar refractivity (Wildman–Crippen MR) is 128 cm³/mol. The van der Waals surface area contributed by atoms with Gasteiger partial charge in [0.25, 0.3) is 0 Å². The summed E-state index contributed by atoms with van der Waals surface area (Å²) in [6.45, 7) is 0. The van der Waals surface area contributed by atoms with Crippen LogP contribution in [0.25, 0.3) is 17.4 Å². The SMILES string of the molecule is O=C(/C=C/c1ccc(-c2ccc(Cl)cc2Cl)o1)NC(=S)NC12CC3CC(CC(C3)C1)C2. The molecular weight excluding hydrogens is 451 g/mol. The van der Waals surface area contributed by atoms with Crippen molar-refractivity contribution < 1.29 is 9.21 Å². The van der Waals surface area contributed by atoms with Crippen molar-refractivity contribution in [3.8, 4) is 11.3 Å². The third-order valence-corrected chi connectivity index (χ3v) is 7.63. The monoisotopic (exact) mass is 474 g/mol. The van der Waals surface area contributed by atoms with Gasteiger partial charge in [-0.25, -0.2) is 0 Å². The van der Waals surface area contributed by atoms with E-state index in [-0.39, 0.29) is 11.4 Å². The largest absolute Gasteiger partial charge is 0.457 e. The predicted octanol–water partition coefficient (Wildman–Crippen LogP) is 6.23. The van der Waals surface area contributed by atoms with Crippen LogP contribution >= 0.6 is 35.4 Å². The minimum absolute atomic E-state index is 0.0799. The molecule has 4 bridgehead atoms. The normalized spacial score (nSPS) is 28.8. The molecule has 4 aliphatic carbocycles. The molecule has 2 aromatic rings. The van der Waals surface area contributed by atoms with Gasteiger partial charge in [-0.1, -0.05) is 23.2 Å². The van der Waals surface area contributed by atoms with Crippen molar-refractivity contribution in [3.05, 3.63) is 52.2 Å². The van der Waals surface area contributed by atoms with E-state index in [4.69, 9.17) is 39.8 Å². The number of benzene rings is 1. The molecule has 4 aliphatic rings. The standard InChI is InChI=1S/C24H24Cl2N2O2S/c25-17-1-4-19(20(26)10-17)21-5-2-18(30-21)3-6-22(29)27-23(31)28-24-11-14-7-15(12-24)9-16(8-14)13-24/h1-6,10,14-16H,7-9,11-13H2,(H2,27,28,29,31)/b6-3+. The van der Waals surface area contributed by atoms with Crippen LogP contribution in [0.4, 0.5) is 0 Å². The van der Waals surface area contributed by atoms with Gasteiger partial charge in [-0.3, -0.25) is 10.1 Å². The number of halogens is 2. The van der Waals surface area contributed by atoms with E-state index in [9.17, 15) is 4.79 Å². The Morgan fingerprint density at radius 1 is 1.06 bits per heavy atom. The molecule has 162 valence electrons. The summed E-state index contributed by atoms with van der Waals surface area (Å²) in [5.74, 6) is 3.35. The average Bonchev–Trinajstić information content (AvgIpc) is 3.13. The summed E-state index contributed by atoms with van der Waals surface area (Å²) in [6.07, 6.45) is 10.7. The third kappa shape index (κ3) is 4.55. The summed E-state index contributed by atoms with van der Waals surface area (Å²) in [5, 5.41) is 7.80. The topological polar surface area (TPSA) is 54.3 Å². The Kier molecular flexibility index (Phi) is 5.61. The molecule has 31 heavy (non-hydrogen) atoms. The number of amides is 1. The molecule has 0 aliphatic heterocycles. The number of hydrogen-bond donors (Lipinski definition) is 2. The maximum absolute atomic E-state index is 12.4. The van der Waals surface area contributed by atoms with Crippen molar-refractivity contribution in [2.45, 2.75) is 44.1 Å². The third-order valence-electron chi connectivity index (χ3n) is 6.88. The zero-order valence-electron chi connectivity index (χ0n) is 17.0. The van der Waals surface area contributed by atoms with Crippen LogP contribution in [0.3, 0.4) is 0 Å². The minimum Gasteiger partial charge on any atom is -0.457 e. The Labute approximate surface area is 197 Å². The summed E-state index contributed by atoms with van der Waals surface area (Å²) in [4.78, 5) is 12.4. The van der Waals surface area contributed by atoms with E-state index in [1.165, 1.54) is 44.6 Å². The van der Waals surface area contributed by atoms with Crippen LogP contribution in [0.15, 0.2) is 40.8 Å². The maximum Gasteiger partial charge on any atom is 0.250 e. The van der Waals surface area contributed by atoms with Gasteiger partial charge in [-0.05, 0) is 105 Å². The fourth-order valence-electron chi connectivity index (χ4n) is 6.12. The second kappa shape index (κ2) is 8.27. The van der Waals surface area contributed by atoms with Crippen LogP contribution in [-0.4, -0.2) is 16.6 Å². The lowest BCUT2D eigenvalue weighted by Crippen LogP contribution is -2.61. The summed E-state index contributed by atoms with van der Waals surface area (Å²) in [5.41, 5.74) is 0.826. The Bertz CT molecular complexity index is 1030. The van der Waals surface area contributed by atoms with Gasteiger partial charge in [0.15, 0.2) is 5.11 Å². The molecule has 0 atom stereocenters. The second-order valence-electron chi connectivity index (χ2n) is 9.30. The van der Waals surface area contributed by atoms with E-state index >= 15 is 0 Å². The number of rotatable bonds is 4. The van der Waals surface area contributed by atoms with Gasteiger partial charge in [-0.15, -0.1) is 0 Å². The molecule has 4 fully saturated rings. The zero-order chi connectivity index (χ0) is 21.6. The van der Waals surface area contributed by atoms with Crippen molar-refractivity contribution in [3.63, 3.8) is 0 Å². The van der Waals surface area contributed by atoms with Gasteiger partial charge in [0.2, 0.25) is 5.91 Å². The van der Waals surface area contributed by atoms with Gasteiger partial charge in [0.05, 0.1) is 5.02 Å². The van der Waals surface area contributed by atoms with E-state index in [0.29, 0.717) is 26.7 Å². The quantitative estimate of drug-likeness (QED) is 0.407. The van der Waals surface area contributed by atoms with Gasteiger partial charge in [0.1, 0.15) is 11.5 Å². The Morgan fingerprint density at radius 2 is 1.74 bits per heavy atom. The number of carbonyl (C=O) groups is 1. The smallest absolute Gasteiger partial charge is 0.250 e. The highest BCUT2D eigenvalue weighted by molar-refractivity contribution is 7.80. The number of nitrogens with one attached hydrogen (secondary N) is 2. The first-order valence-corrected chi connectivity index (χ1v) is 11.9. The van der Waals surface area contributed by atoms with Crippen LogP contribution in [-0.2, 0) is 4.79 Å². The molecule has 4 saturated carbocycles. The molecule has 1 amide bonds. The van der Waals surface area contributed by atoms with Crippen molar-refractivity contribution in [2.75, 3.05) is 0 Å². The first-order valence-electron chi connectivity index (χ1n) is 10.7. The van der Waals surface area contributed by atoms with E-state index in [1.54, 1.807) is 30.3 Å². The highest BCUT2D eigenvalue weighted by atomic mass is 35.5. The molecule has 0 unspecified atom stereocenters. The van der Waals surface area contributed by atoms with Gasteiger partial charge < -0.3 is 9.73 Å².